The minimum absolute atomic E-state index is 0.211. The minimum atomic E-state index is -3.52. The number of rotatable bonds is 4. The summed E-state index contributed by atoms with van der Waals surface area (Å²) in [6.07, 6.45) is 4.61. The first-order valence-corrected chi connectivity index (χ1v) is 8.80. The molecular formula is C16H22N2O2S. The molecule has 0 amide bonds. The second kappa shape index (κ2) is 7.08. The number of hydrogen-bond donors (Lipinski definition) is 2. The Hall–Kier alpha value is -1.35. The second-order valence-corrected chi connectivity index (χ2v) is 7.24. The first-order chi connectivity index (χ1) is 10.0. The van der Waals surface area contributed by atoms with E-state index in [0.29, 0.717) is 18.0 Å². The SMILES string of the molecule is Cc1ccc(S(=O)(=O)NCC2CCCC2)c(C#CCN)c1. The third-order valence-corrected chi connectivity index (χ3v) is 5.27. The summed E-state index contributed by atoms with van der Waals surface area (Å²) < 4.78 is 27.7. The van der Waals surface area contributed by atoms with Crippen LogP contribution in [0.25, 0.3) is 0 Å². The Balaban J connectivity index is 2.21. The molecule has 0 heterocycles. The minimum Gasteiger partial charge on any atom is -0.320 e. The molecule has 1 aromatic rings. The van der Waals surface area contributed by atoms with Gasteiger partial charge in [0.05, 0.1) is 11.4 Å². The molecule has 0 atom stereocenters. The van der Waals surface area contributed by atoms with Gasteiger partial charge in [-0.1, -0.05) is 30.7 Å². The van der Waals surface area contributed by atoms with Crippen molar-refractivity contribution in [2.45, 2.75) is 37.5 Å². The number of benzene rings is 1. The fraction of sp³-hybridized carbons (Fsp3) is 0.500. The van der Waals surface area contributed by atoms with Crippen LogP contribution in [0.3, 0.4) is 0 Å². The lowest BCUT2D eigenvalue weighted by Crippen LogP contribution is -2.29. The molecule has 0 saturated heterocycles. The van der Waals surface area contributed by atoms with Crippen LogP contribution in [0.4, 0.5) is 0 Å². The molecule has 1 aromatic carbocycles. The van der Waals surface area contributed by atoms with Crippen molar-refractivity contribution >= 4 is 10.0 Å². The van der Waals surface area contributed by atoms with E-state index in [1.165, 1.54) is 12.8 Å². The van der Waals surface area contributed by atoms with Gasteiger partial charge < -0.3 is 5.73 Å². The molecule has 2 rings (SSSR count). The highest BCUT2D eigenvalue weighted by molar-refractivity contribution is 7.89. The summed E-state index contributed by atoms with van der Waals surface area (Å²) in [6, 6.07) is 5.19. The van der Waals surface area contributed by atoms with Crippen LogP contribution in [0.1, 0.15) is 36.8 Å². The summed E-state index contributed by atoms with van der Waals surface area (Å²) in [5.74, 6) is 6.04. The predicted octanol–water partition coefficient (Wildman–Crippen LogP) is 1.77. The average molecular weight is 306 g/mol. The quantitative estimate of drug-likeness (QED) is 0.833. The van der Waals surface area contributed by atoms with Gasteiger partial charge in [-0.2, -0.15) is 0 Å². The molecule has 3 N–H and O–H groups in total. The first kappa shape index (κ1) is 16.0. The van der Waals surface area contributed by atoms with Gasteiger partial charge in [-0.25, -0.2) is 13.1 Å². The lowest BCUT2D eigenvalue weighted by atomic mass is 10.1. The van der Waals surface area contributed by atoms with Gasteiger partial charge >= 0.3 is 0 Å². The van der Waals surface area contributed by atoms with Gasteiger partial charge in [0.25, 0.3) is 0 Å². The van der Waals surface area contributed by atoms with Gasteiger partial charge in [-0.15, -0.1) is 0 Å². The van der Waals surface area contributed by atoms with Crippen molar-refractivity contribution in [1.29, 1.82) is 0 Å². The maximum Gasteiger partial charge on any atom is 0.241 e. The summed E-state index contributed by atoms with van der Waals surface area (Å²) in [5, 5.41) is 0. The molecule has 0 bridgehead atoms. The van der Waals surface area contributed by atoms with Gasteiger partial charge in [-0.3, -0.25) is 0 Å². The monoisotopic (exact) mass is 306 g/mol. The number of sulfonamides is 1. The highest BCUT2D eigenvalue weighted by Crippen LogP contribution is 2.24. The van der Waals surface area contributed by atoms with Crippen LogP contribution in [-0.4, -0.2) is 21.5 Å². The van der Waals surface area contributed by atoms with Gasteiger partial charge in [-0.05, 0) is 43.4 Å². The van der Waals surface area contributed by atoms with E-state index < -0.39 is 10.0 Å². The van der Waals surface area contributed by atoms with Gasteiger partial charge in [0, 0.05) is 12.1 Å². The molecule has 114 valence electrons. The standard InChI is InChI=1S/C16H22N2O2S/c1-13-8-9-16(15(11-13)7-4-10-17)21(19,20)18-12-14-5-2-3-6-14/h8-9,11,14,18H,2-3,5-6,10,12,17H2,1H3. The van der Waals surface area contributed by atoms with E-state index in [4.69, 9.17) is 5.73 Å². The molecule has 0 aromatic heterocycles. The largest absolute Gasteiger partial charge is 0.320 e. The normalized spacial score (nSPS) is 15.7. The van der Waals surface area contributed by atoms with Crippen LogP contribution >= 0.6 is 0 Å². The predicted molar refractivity (Wildman–Crippen MR) is 84.3 cm³/mol. The van der Waals surface area contributed by atoms with E-state index in [0.717, 1.165) is 18.4 Å². The van der Waals surface area contributed by atoms with E-state index in [-0.39, 0.29) is 11.4 Å². The lowest BCUT2D eigenvalue weighted by Gasteiger charge is -2.12. The molecule has 1 saturated carbocycles. The van der Waals surface area contributed by atoms with E-state index in [9.17, 15) is 8.42 Å². The van der Waals surface area contributed by atoms with Gasteiger partial charge in [0.2, 0.25) is 10.0 Å². The van der Waals surface area contributed by atoms with Crippen LogP contribution in [0.2, 0.25) is 0 Å². The number of nitrogens with one attached hydrogen (secondary N) is 1. The smallest absolute Gasteiger partial charge is 0.241 e. The molecule has 0 radical (unpaired) electrons. The van der Waals surface area contributed by atoms with Crippen LogP contribution < -0.4 is 10.5 Å². The fourth-order valence-electron chi connectivity index (χ4n) is 2.64. The Labute approximate surface area is 127 Å². The number of hydrogen-bond acceptors (Lipinski definition) is 3. The highest BCUT2D eigenvalue weighted by atomic mass is 32.2. The Bertz CT molecular complexity index is 651. The summed E-state index contributed by atoms with van der Waals surface area (Å²) in [6.45, 7) is 2.64. The lowest BCUT2D eigenvalue weighted by molar-refractivity contribution is 0.519. The Morgan fingerprint density at radius 3 is 2.71 bits per heavy atom. The molecular weight excluding hydrogens is 284 g/mol. The zero-order chi connectivity index (χ0) is 15.3. The summed E-state index contributed by atoms with van der Waals surface area (Å²) in [4.78, 5) is 0.243. The molecule has 1 aliphatic carbocycles. The van der Waals surface area contributed by atoms with Crippen molar-refractivity contribution < 1.29 is 8.42 Å². The van der Waals surface area contributed by atoms with Gasteiger partial charge in [0.15, 0.2) is 0 Å². The molecule has 5 heteroatoms. The number of aryl methyl sites for hydroxylation is 1. The van der Waals surface area contributed by atoms with Crippen LogP contribution in [0, 0.1) is 24.7 Å². The van der Waals surface area contributed by atoms with Crippen molar-refractivity contribution in [3.63, 3.8) is 0 Å². The molecule has 1 fully saturated rings. The maximum atomic E-state index is 12.5. The molecule has 1 aliphatic rings. The van der Waals surface area contributed by atoms with Crippen LogP contribution in [-0.2, 0) is 10.0 Å². The van der Waals surface area contributed by atoms with Crippen LogP contribution in [0.15, 0.2) is 23.1 Å². The van der Waals surface area contributed by atoms with Gasteiger partial charge in [0.1, 0.15) is 0 Å². The fourth-order valence-corrected chi connectivity index (χ4v) is 3.90. The van der Waals surface area contributed by atoms with Crippen molar-refractivity contribution in [2.24, 2.45) is 11.7 Å². The first-order valence-electron chi connectivity index (χ1n) is 7.32. The Kier molecular flexibility index (Phi) is 5.40. The summed E-state index contributed by atoms with van der Waals surface area (Å²) in [5.41, 5.74) is 6.87. The van der Waals surface area contributed by atoms with E-state index >= 15 is 0 Å². The third kappa shape index (κ3) is 4.31. The second-order valence-electron chi connectivity index (χ2n) is 5.51. The average Bonchev–Trinajstić information content (AvgIpc) is 2.96. The molecule has 21 heavy (non-hydrogen) atoms. The van der Waals surface area contributed by atoms with E-state index in [2.05, 4.69) is 16.6 Å². The molecule has 4 nitrogen and oxygen atoms in total. The van der Waals surface area contributed by atoms with Crippen molar-refractivity contribution in [3.8, 4) is 11.8 Å². The zero-order valence-electron chi connectivity index (χ0n) is 12.4. The Morgan fingerprint density at radius 2 is 2.05 bits per heavy atom. The van der Waals surface area contributed by atoms with Crippen molar-refractivity contribution in [2.75, 3.05) is 13.1 Å². The van der Waals surface area contributed by atoms with Crippen LogP contribution in [0.5, 0.6) is 0 Å². The highest BCUT2D eigenvalue weighted by Gasteiger charge is 2.21. The van der Waals surface area contributed by atoms with E-state index in [1.54, 1.807) is 18.2 Å². The topological polar surface area (TPSA) is 72.2 Å². The summed E-state index contributed by atoms with van der Waals surface area (Å²) in [7, 11) is -3.52. The maximum absolute atomic E-state index is 12.5. The Morgan fingerprint density at radius 1 is 1.33 bits per heavy atom. The van der Waals surface area contributed by atoms with Crippen molar-refractivity contribution in [3.05, 3.63) is 29.3 Å². The van der Waals surface area contributed by atoms with Crippen molar-refractivity contribution in [1.82, 2.24) is 4.72 Å². The summed E-state index contributed by atoms with van der Waals surface area (Å²) >= 11 is 0. The third-order valence-electron chi connectivity index (χ3n) is 3.79. The molecule has 0 spiro atoms. The van der Waals surface area contributed by atoms with E-state index in [1.807, 2.05) is 6.92 Å². The molecule has 0 aliphatic heterocycles. The zero-order valence-corrected chi connectivity index (χ0v) is 13.2. The molecule has 0 unspecified atom stereocenters. The number of nitrogens with two attached hydrogens (primary N) is 1.